The lowest BCUT2D eigenvalue weighted by atomic mass is 10.1. The van der Waals surface area contributed by atoms with Crippen molar-refractivity contribution in [2.45, 2.75) is 31.3 Å². The molecule has 0 aliphatic rings. The number of nitrogens with zero attached hydrogens (tertiary/aromatic N) is 1. The second-order valence-electron chi connectivity index (χ2n) is 9.07. The molecule has 4 aromatic rings. The Morgan fingerprint density at radius 3 is 2.00 bits per heavy atom. The third kappa shape index (κ3) is 7.53. The topological polar surface area (TPSA) is 75.7 Å². The molecule has 6 nitrogen and oxygen atoms in total. The molecule has 0 spiro atoms. The van der Waals surface area contributed by atoms with Gasteiger partial charge >= 0.3 is 0 Å². The first kappa shape index (κ1) is 28.5. The number of carbonyl (C=O) groups excluding carboxylic acids is 1. The number of sulfonamides is 1. The molecule has 9 heteroatoms. The second kappa shape index (κ2) is 12.6. The van der Waals surface area contributed by atoms with E-state index in [1.165, 1.54) is 4.31 Å². The first-order chi connectivity index (χ1) is 18.6. The molecule has 0 fully saturated rings. The Morgan fingerprint density at radius 2 is 1.41 bits per heavy atom. The average molecular weight is 584 g/mol. The summed E-state index contributed by atoms with van der Waals surface area (Å²) < 4.78 is 34.3. The van der Waals surface area contributed by atoms with Crippen LogP contribution in [0.2, 0.25) is 10.0 Å². The molecule has 0 aliphatic heterocycles. The second-order valence-corrected chi connectivity index (χ2v) is 11.8. The van der Waals surface area contributed by atoms with E-state index in [1.807, 2.05) is 26.0 Å². The van der Waals surface area contributed by atoms with Gasteiger partial charge in [0.25, 0.3) is 15.9 Å². The molecule has 0 bridgehead atoms. The van der Waals surface area contributed by atoms with E-state index in [0.717, 1.165) is 16.7 Å². The fourth-order valence-electron chi connectivity index (χ4n) is 3.88. The van der Waals surface area contributed by atoms with Gasteiger partial charge in [-0.25, -0.2) is 8.42 Å². The maximum atomic E-state index is 13.7. The lowest BCUT2D eigenvalue weighted by molar-refractivity contribution is -0.123. The van der Waals surface area contributed by atoms with Gasteiger partial charge in [-0.05, 0) is 85.6 Å². The van der Waals surface area contributed by atoms with Crippen LogP contribution >= 0.6 is 23.2 Å². The smallest absolute Gasteiger partial charge is 0.264 e. The van der Waals surface area contributed by atoms with Gasteiger partial charge in [-0.1, -0.05) is 65.2 Å². The summed E-state index contributed by atoms with van der Waals surface area (Å²) >= 11 is 12.0. The zero-order chi connectivity index (χ0) is 28.0. The van der Waals surface area contributed by atoms with E-state index in [0.29, 0.717) is 21.5 Å². The molecule has 0 radical (unpaired) electrons. The van der Waals surface area contributed by atoms with Crippen molar-refractivity contribution >= 4 is 44.8 Å². The average Bonchev–Trinajstić information content (AvgIpc) is 2.92. The van der Waals surface area contributed by atoms with Crippen LogP contribution in [0.25, 0.3) is 0 Å². The molecule has 0 saturated carbocycles. The van der Waals surface area contributed by atoms with Crippen molar-refractivity contribution in [2.75, 3.05) is 10.9 Å². The van der Waals surface area contributed by atoms with Crippen molar-refractivity contribution in [2.24, 2.45) is 0 Å². The van der Waals surface area contributed by atoms with Gasteiger partial charge in [-0.2, -0.15) is 0 Å². The fourth-order valence-corrected chi connectivity index (χ4v) is 5.59. The monoisotopic (exact) mass is 582 g/mol. The van der Waals surface area contributed by atoms with Crippen molar-refractivity contribution in [3.05, 3.63) is 124 Å². The molecule has 39 heavy (non-hydrogen) atoms. The maximum absolute atomic E-state index is 13.7. The summed E-state index contributed by atoms with van der Waals surface area (Å²) in [7, 11) is -3.87. The van der Waals surface area contributed by atoms with Crippen molar-refractivity contribution in [3.8, 4) is 5.75 Å². The van der Waals surface area contributed by atoms with E-state index in [2.05, 4.69) is 5.32 Å². The van der Waals surface area contributed by atoms with Crippen LogP contribution < -0.4 is 14.4 Å². The summed E-state index contributed by atoms with van der Waals surface area (Å²) in [6.45, 7) is 3.70. The number of anilines is 1. The van der Waals surface area contributed by atoms with Crippen LogP contribution in [0.15, 0.2) is 102 Å². The Balaban J connectivity index is 1.48. The van der Waals surface area contributed by atoms with Crippen LogP contribution in [-0.4, -0.2) is 20.9 Å². The molecule has 0 heterocycles. The van der Waals surface area contributed by atoms with Crippen LogP contribution in [0, 0.1) is 6.92 Å². The van der Waals surface area contributed by atoms with E-state index in [9.17, 15) is 13.2 Å². The van der Waals surface area contributed by atoms with Gasteiger partial charge in [0, 0.05) is 10.0 Å². The van der Waals surface area contributed by atoms with Crippen molar-refractivity contribution in [1.82, 2.24) is 5.32 Å². The number of aryl methyl sites for hydroxylation is 1. The van der Waals surface area contributed by atoms with Gasteiger partial charge in [0.15, 0.2) is 6.61 Å². The quantitative estimate of drug-likeness (QED) is 0.219. The molecule has 202 valence electrons. The minimum absolute atomic E-state index is 0.110. The third-order valence-corrected chi connectivity index (χ3v) is 8.38. The maximum Gasteiger partial charge on any atom is 0.264 e. The highest BCUT2D eigenvalue weighted by atomic mass is 35.5. The zero-order valence-electron chi connectivity index (χ0n) is 21.5. The number of ether oxygens (including phenoxy) is 1. The molecule has 4 rings (SSSR count). The summed E-state index contributed by atoms with van der Waals surface area (Å²) in [5.41, 5.74) is 3.12. The summed E-state index contributed by atoms with van der Waals surface area (Å²) in [5.74, 6) is 0.153. The van der Waals surface area contributed by atoms with Gasteiger partial charge in [0.05, 0.1) is 23.2 Å². The predicted molar refractivity (Wildman–Crippen MR) is 156 cm³/mol. The Morgan fingerprint density at radius 1 is 0.846 bits per heavy atom. The first-order valence-electron chi connectivity index (χ1n) is 12.2. The molecule has 1 amide bonds. The molecular weight excluding hydrogens is 555 g/mol. The molecular formula is C30H28Cl2N2O4S. The summed E-state index contributed by atoms with van der Waals surface area (Å²) in [6.07, 6.45) is 0. The number of benzene rings is 4. The Labute approximate surface area is 239 Å². The lowest BCUT2D eigenvalue weighted by Gasteiger charge is -2.25. The van der Waals surface area contributed by atoms with Crippen LogP contribution in [-0.2, 0) is 21.4 Å². The Bertz CT molecular complexity index is 1510. The number of hydrogen-bond acceptors (Lipinski definition) is 4. The van der Waals surface area contributed by atoms with E-state index in [-0.39, 0.29) is 30.0 Å². The highest BCUT2D eigenvalue weighted by Crippen LogP contribution is 2.28. The van der Waals surface area contributed by atoms with E-state index in [1.54, 1.807) is 84.9 Å². The van der Waals surface area contributed by atoms with E-state index < -0.39 is 10.0 Å². The number of rotatable bonds is 10. The zero-order valence-corrected chi connectivity index (χ0v) is 23.8. The van der Waals surface area contributed by atoms with Crippen molar-refractivity contribution < 1.29 is 17.9 Å². The van der Waals surface area contributed by atoms with Crippen molar-refractivity contribution in [3.63, 3.8) is 0 Å². The van der Waals surface area contributed by atoms with E-state index >= 15 is 0 Å². The van der Waals surface area contributed by atoms with E-state index in [4.69, 9.17) is 27.9 Å². The summed E-state index contributed by atoms with van der Waals surface area (Å²) in [4.78, 5) is 12.6. The van der Waals surface area contributed by atoms with Crippen LogP contribution in [0.4, 0.5) is 5.69 Å². The standard InChI is InChI=1S/C30H28Cl2N2O4S/c1-21-3-17-29(18-4-21)39(36,37)34(19-23-5-9-25(31)10-6-23)27-13-15-28(16-14-27)38-20-30(35)33-22(2)24-7-11-26(32)12-8-24/h3-18,22H,19-20H2,1-2H3,(H,33,35)/t22-/m1/s1. The third-order valence-electron chi connectivity index (χ3n) is 6.09. The highest BCUT2D eigenvalue weighted by Gasteiger charge is 2.25. The van der Waals surface area contributed by atoms with Gasteiger partial charge < -0.3 is 10.1 Å². The number of halogens is 2. The molecule has 4 aromatic carbocycles. The van der Waals surface area contributed by atoms with Crippen LogP contribution in [0.3, 0.4) is 0 Å². The van der Waals surface area contributed by atoms with Crippen molar-refractivity contribution in [1.29, 1.82) is 0 Å². The van der Waals surface area contributed by atoms with Gasteiger partial charge in [0.1, 0.15) is 5.75 Å². The molecule has 1 N–H and O–H groups in total. The van der Waals surface area contributed by atoms with Crippen LogP contribution in [0.1, 0.15) is 29.7 Å². The molecule has 0 saturated heterocycles. The number of hydrogen-bond donors (Lipinski definition) is 1. The molecule has 0 aliphatic carbocycles. The predicted octanol–water partition coefficient (Wildman–Crippen LogP) is 6.95. The number of nitrogens with one attached hydrogen (secondary N) is 1. The van der Waals surface area contributed by atoms with Gasteiger partial charge in [-0.15, -0.1) is 0 Å². The minimum Gasteiger partial charge on any atom is -0.484 e. The number of amides is 1. The highest BCUT2D eigenvalue weighted by molar-refractivity contribution is 7.92. The Kier molecular flexibility index (Phi) is 9.17. The summed E-state index contributed by atoms with van der Waals surface area (Å²) in [6, 6.07) is 27.4. The molecule has 0 unspecified atom stereocenters. The summed E-state index contributed by atoms with van der Waals surface area (Å²) in [5, 5.41) is 4.08. The fraction of sp³-hybridized carbons (Fsp3) is 0.167. The number of carbonyl (C=O) groups is 1. The van der Waals surface area contributed by atoms with Gasteiger partial charge in [-0.3, -0.25) is 9.10 Å². The normalized spacial score (nSPS) is 12.0. The first-order valence-corrected chi connectivity index (χ1v) is 14.4. The molecule has 0 aromatic heterocycles. The SMILES string of the molecule is Cc1ccc(S(=O)(=O)N(Cc2ccc(Cl)cc2)c2ccc(OCC(=O)N[C@H](C)c3ccc(Cl)cc3)cc2)cc1. The largest absolute Gasteiger partial charge is 0.484 e. The lowest BCUT2D eigenvalue weighted by Crippen LogP contribution is -2.31. The van der Waals surface area contributed by atoms with Gasteiger partial charge in [0.2, 0.25) is 0 Å². The van der Waals surface area contributed by atoms with Crippen LogP contribution in [0.5, 0.6) is 5.75 Å². The molecule has 1 atom stereocenters. The minimum atomic E-state index is -3.87. The Hall–Kier alpha value is -3.52.